The molecule has 0 atom stereocenters. The first-order chi connectivity index (χ1) is 5.33. The molecule has 64 valence electrons. The Labute approximate surface area is 75.9 Å². The summed E-state index contributed by atoms with van der Waals surface area (Å²) in [5.74, 6) is 0.937. The lowest BCUT2D eigenvalue weighted by molar-refractivity contribution is -0.121. The Bertz CT molecular complexity index is 134. The zero-order valence-corrected chi connectivity index (χ0v) is 8.19. The Morgan fingerprint density at radius 2 is 2.27 bits per heavy atom. The van der Waals surface area contributed by atoms with Gasteiger partial charge in [0, 0.05) is 18.3 Å². The Hall–Kier alpha value is -0.0500. The predicted molar refractivity (Wildman–Crippen MR) is 48.8 cm³/mol. The van der Waals surface area contributed by atoms with E-state index in [0.717, 1.165) is 24.7 Å². The highest BCUT2D eigenvalue weighted by Crippen LogP contribution is 2.31. The van der Waals surface area contributed by atoms with Gasteiger partial charge in [-0.05, 0) is 25.2 Å². The van der Waals surface area contributed by atoms with E-state index in [-0.39, 0.29) is 5.91 Å². The Morgan fingerprint density at radius 1 is 1.55 bits per heavy atom. The van der Waals surface area contributed by atoms with Crippen LogP contribution in [0.4, 0.5) is 0 Å². The van der Waals surface area contributed by atoms with E-state index in [1.165, 1.54) is 12.8 Å². The maximum atomic E-state index is 11.0. The molecule has 1 rings (SSSR count). The van der Waals surface area contributed by atoms with Crippen LogP contribution in [0, 0.1) is 5.92 Å². The third-order valence-electron chi connectivity index (χ3n) is 1.80. The molecule has 1 amide bonds. The first-order valence-electron chi connectivity index (χ1n) is 4.15. The number of rotatable bonds is 5. The third-order valence-corrected chi connectivity index (χ3v) is 2.36. The summed E-state index contributed by atoms with van der Waals surface area (Å²) in [5, 5.41) is 3.85. The molecule has 1 aliphatic rings. The minimum atomic E-state index is 0.230. The Morgan fingerprint density at radius 3 is 2.82 bits per heavy atom. The summed E-state index contributed by atoms with van der Waals surface area (Å²) >= 11 is 3.31. The highest BCUT2D eigenvalue weighted by molar-refractivity contribution is 9.09. The average Bonchev–Trinajstić information content (AvgIpc) is 2.72. The lowest BCUT2D eigenvalue weighted by atomic mass is 10.3. The van der Waals surface area contributed by atoms with Crippen LogP contribution in [-0.2, 0) is 4.79 Å². The summed E-state index contributed by atoms with van der Waals surface area (Å²) in [6.07, 6.45) is 4.29. The largest absolute Gasteiger partial charge is 0.356 e. The number of carbonyl (C=O) groups is 1. The molecule has 0 aromatic rings. The second kappa shape index (κ2) is 4.75. The first-order valence-corrected chi connectivity index (χ1v) is 5.27. The van der Waals surface area contributed by atoms with Crippen LogP contribution in [0.25, 0.3) is 0 Å². The third kappa shape index (κ3) is 4.40. The van der Waals surface area contributed by atoms with Crippen molar-refractivity contribution in [1.82, 2.24) is 5.32 Å². The molecule has 1 N–H and O–H groups in total. The van der Waals surface area contributed by atoms with Gasteiger partial charge in [0.1, 0.15) is 0 Å². The smallest absolute Gasteiger partial charge is 0.220 e. The lowest BCUT2D eigenvalue weighted by Gasteiger charge is -2.01. The average molecular weight is 220 g/mol. The van der Waals surface area contributed by atoms with Crippen molar-refractivity contribution >= 4 is 21.8 Å². The van der Waals surface area contributed by atoms with Crippen LogP contribution < -0.4 is 5.32 Å². The van der Waals surface area contributed by atoms with Crippen LogP contribution in [0.5, 0.6) is 0 Å². The van der Waals surface area contributed by atoms with Crippen molar-refractivity contribution in [3.63, 3.8) is 0 Å². The molecule has 0 spiro atoms. The standard InChI is InChI=1S/C8H14BrNO/c9-4-1-5-10-8(11)6-7-2-3-7/h7H,1-6H2,(H,10,11). The molecule has 0 heterocycles. The van der Waals surface area contributed by atoms with E-state index in [4.69, 9.17) is 0 Å². The van der Waals surface area contributed by atoms with Gasteiger partial charge in [-0.3, -0.25) is 4.79 Å². The van der Waals surface area contributed by atoms with Crippen molar-refractivity contribution in [1.29, 1.82) is 0 Å². The molecule has 3 heteroatoms. The van der Waals surface area contributed by atoms with Gasteiger partial charge >= 0.3 is 0 Å². The van der Waals surface area contributed by atoms with Gasteiger partial charge in [0.05, 0.1) is 0 Å². The van der Waals surface area contributed by atoms with Crippen molar-refractivity contribution in [2.75, 3.05) is 11.9 Å². The van der Waals surface area contributed by atoms with E-state index in [1.807, 2.05) is 0 Å². The second-order valence-corrected chi connectivity index (χ2v) is 3.83. The summed E-state index contributed by atoms with van der Waals surface area (Å²) in [4.78, 5) is 11.0. The van der Waals surface area contributed by atoms with E-state index in [2.05, 4.69) is 21.2 Å². The fourth-order valence-electron chi connectivity index (χ4n) is 0.951. The number of amides is 1. The van der Waals surface area contributed by atoms with Crippen molar-refractivity contribution in [2.24, 2.45) is 5.92 Å². The van der Waals surface area contributed by atoms with Crippen LogP contribution in [0.15, 0.2) is 0 Å². The predicted octanol–water partition coefficient (Wildman–Crippen LogP) is 1.69. The van der Waals surface area contributed by atoms with E-state index in [9.17, 15) is 4.79 Å². The number of hydrogen-bond donors (Lipinski definition) is 1. The molecule has 0 bridgehead atoms. The van der Waals surface area contributed by atoms with Crippen molar-refractivity contribution < 1.29 is 4.79 Å². The van der Waals surface area contributed by atoms with Gasteiger partial charge in [-0.2, -0.15) is 0 Å². The molecule has 11 heavy (non-hydrogen) atoms. The zero-order chi connectivity index (χ0) is 8.10. The summed E-state index contributed by atoms with van der Waals surface area (Å²) in [5.41, 5.74) is 0. The van der Waals surface area contributed by atoms with Crippen LogP contribution in [0.3, 0.4) is 0 Å². The Balaban J connectivity index is 1.92. The lowest BCUT2D eigenvalue weighted by Crippen LogP contribution is -2.24. The molecule has 0 aliphatic heterocycles. The van der Waals surface area contributed by atoms with E-state index >= 15 is 0 Å². The number of alkyl halides is 1. The van der Waals surface area contributed by atoms with Crippen LogP contribution in [-0.4, -0.2) is 17.8 Å². The fraction of sp³-hybridized carbons (Fsp3) is 0.875. The monoisotopic (exact) mass is 219 g/mol. The van der Waals surface area contributed by atoms with E-state index in [0.29, 0.717) is 5.92 Å². The van der Waals surface area contributed by atoms with Gasteiger partial charge in [-0.1, -0.05) is 15.9 Å². The fourth-order valence-corrected chi connectivity index (χ4v) is 1.23. The molecule has 0 radical (unpaired) electrons. The van der Waals surface area contributed by atoms with Crippen LogP contribution in [0.1, 0.15) is 25.7 Å². The molecule has 1 aliphatic carbocycles. The van der Waals surface area contributed by atoms with Crippen molar-refractivity contribution in [3.05, 3.63) is 0 Å². The molecule has 2 nitrogen and oxygen atoms in total. The van der Waals surface area contributed by atoms with Gasteiger partial charge in [-0.25, -0.2) is 0 Å². The molecular formula is C8H14BrNO. The maximum Gasteiger partial charge on any atom is 0.220 e. The van der Waals surface area contributed by atoms with Crippen molar-refractivity contribution in [3.8, 4) is 0 Å². The maximum absolute atomic E-state index is 11.0. The summed E-state index contributed by atoms with van der Waals surface area (Å²) in [7, 11) is 0. The highest BCUT2D eigenvalue weighted by Gasteiger charge is 2.23. The molecule has 0 aromatic heterocycles. The number of carbonyl (C=O) groups excluding carboxylic acids is 1. The molecule has 0 unspecified atom stereocenters. The van der Waals surface area contributed by atoms with E-state index in [1.54, 1.807) is 0 Å². The molecule has 1 saturated carbocycles. The highest BCUT2D eigenvalue weighted by atomic mass is 79.9. The summed E-state index contributed by atoms with van der Waals surface area (Å²) in [6.45, 7) is 0.816. The topological polar surface area (TPSA) is 29.1 Å². The van der Waals surface area contributed by atoms with Gasteiger partial charge in [0.2, 0.25) is 5.91 Å². The number of halogens is 1. The molecule has 1 fully saturated rings. The van der Waals surface area contributed by atoms with Crippen LogP contribution >= 0.6 is 15.9 Å². The minimum absolute atomic E-state index is 0.230. The van der Waals surface area contributed by atoms with Gasteiger partial charge < -0.3 is 5.32 Å². The SMILES string of the molecule is O=C(CC1CC1)NCCCBr. The van der Waals surface area contributed by atoms with E-state index < -0.39 is 0 Å². The zero-order valence-electron chi connectivity index (χ0n) is 6.61. The molecular weight excluding hydrogens is 206 g/mol. The van der Waals surface area contributed by atoms with Gasteiger partial charge in [-0.15, -0.1) is 0 Å². The van der Waals surface area contributed by atoms with Gasteiger partial charge in [0.25, 0.3) is 0 Å². The van der Waals surface area contributed by atoms with Gasteiger partial charge in [0.15, 0.2) is 0 Å². The quantitative estimate of drug-likeness (QED) is 0.554. The minimum Gasteiger partial charge on any atom is -0.356 e. The summed E-state index contributed by atoms with van der Waals surface area (Å²) in [6, 6.07) is 0. The number of hydrogen-bond acceptors (Lipinski definition) is 1. The molecule has 0 aromatic carbocycles. The normalized spacial score (nSPS) is 16.5. The van der Waals surface area contributed by atoms with Crippen LogP contribution in [0.2, 0.25) is 0 Å². The molecule has 0 saturated heterocycles. The number of nitrogens with one attached hydrogen (secondary N) is 1. The first kappa shape index (κ1) is 9.04. The Kier molecular flexibility index (Phi) is 3.91. The second-order valence-electron chi connectivity index (χ2n) is 3.04. The van der Waals surface area contributed by atoms with Crippen molar-refractivity contribution in [2.45, 2.75) is 25.7 Å². The summed E-state index contributed by atoms with van der Waals surface area (Å²) < 4.78 is 0.